The molecule has 5 amide bonds. The van der Waals surface area contributed by atoms with E-state index in [1.54, 1.807) is 38.2 Å². The Bertz CT molecular complexity index is 2700. The zero-order chi connectivity index (χ0) is 53.6. The van der Waals surface area contributed by atoms with Crippen LogP contribution in [-0.4, -0.2) is 122 Å². The molecule has 3 N–H and O–H groups in total. The maximum Gasteiger partial charge on any atom is 0.420 e. The van der Waals surface area contributed by atoms with Gasteiger partial charge < -0.3 is 44.3 Å². The first-order valence-electron chi connectivity index (χ1n) is 23.9. The van der Waals surface area contributed by atoms with E-state index in [4.69, 9.17) is 28.9 Å². The number of benzene rings is 3. The molecule has 6 rings (SSSR count). The summed E-state index contributed by atoms with van der Waals surface area (Å²) in [6, 6.07) is 17.1. The maximum absolute atomic E-state index is 13.9. The van der Waals surface area contributed by atoms with Gasteiger partial charge in [-0.25, -0.2) is 0 Å². The number of nitriles is 1. The van der Waals surface area contributed by atoms with Gasteiger partial charge in [0.2, 0.25) is 17.7 Å². The maximum atomic E-state index is 13.9. The average Bonchev–Trinajstić information content (AvgIpc) is 4.06. The smallest absolute Gasteiger partial charge is 0.420 e. The predicted octanol–water partition coefficient (Wildman–Crippen LogP) is 8.48. The number of nitrogens with one attached hydrogen (secondary N) is 2. The minimum atomic E-state index is -4.78. The third kappa shape index (κ3) is 15.6. The quantitative estimate of drug-likeness (QED) is 0.0445. The Morgan fingerprint density at radius 2 is 1.61 bits per heavy atom. The van der Waals surface area contributed by atoms with Gasteiger partial charge in [0.15, 0.2) is 11.5 Å². The van der Waals surface area contributed by atoms with Gasteiger partial charge in [-0.15, -0.1) is 11.3 Å². The van der Waals surface area contributed by atoms with Gasteiger partial charge in [0, 0.05) is 37.5 Å². The zero-order valence-corrected chi connectivity index (χ0v) is 43.4. The van der Waals surface area contributed by atoms with Crippen molar-refractivity contribution < 1.29 is 65.9 Å². The second-order valence-electron chi connectivity index (χ2n) is 18.6. The van der Waals surface area contributed by atoms with Crippen molar-refractivity contribution >= 4 is 58.0 Å². The number of methoxy groups -OCH3 is 1. The molecule has 0 unspecified atom stereocenters. The van der Waals surface area contributed by atoms with Crippen molar-refractivity contribution in [1.82, 2.24) is 20.4 Å². The van der Waals surface area contributed by atoms with Gasteiger partial charge >= 0.3 is 6.18 Å². The second-order valence-corrected chi connectivity index (χ2v) is 20.5. The third-order valence-electron chi connectivity index (χ3n) is 12.0. The number of hydrogen-bond donors (Lipinski definition) is 3. The third-order valence-corrected chi connectivity index (χ3v) is 13.9. The summed E-state index contributed by atoms with van der Waals surface area (Å²) in [7, 11) is 1.31. The topological polar surface area (TPSA) is 206 Å². The van der Waals surface area contributed by atoms with Crippen LogP contribution in [0.4, 0.5) is 18.0 Å². The number of rotatable bonds is 24. The largest absolute Gasteiger partial charge is 0.493 e. The fraction of sp³-hybridized carbons (Fsp3) is 0.434. The minimum absolute atomic E-state index is 0.0317. The summed E-state index contributed by atoms with van der Waals surface area (Å²) in [5, 5.41) is 26.9. The van der Waals surface area contributed by atoms with Gasteiger partial charge in [-0.2, -0.15) is 18.4 Å². The number of thiophene rings is 1. The molecule has 2 saturated heterocycles. The number of hydrogen-bond acceptors (Lipinski definition) is 14. The molecule has 21 heteroatoms. The number of aliphatic hydroxyl groups is 1. The second kappa shape index (κ2) is 26.3. The lowest BCUT2D eigenvalue weighted by atomic mass is 9.85. The van der Waals surface area contributed by atoms with Gasteiger partial charge in [-0.1, -0.05) is 51.1 Å². The highest BCUT2D eigenvalue weighted by atomic mass is 32.2. The number of ether oxygens (including phenoxy) is 5. The number of carbonyl (C=O) groups excluding carboxylic acids is 5. The first-order valence-corrected chi connectivity index (χ1v) is 25.6. The van der Waals surface area contributed by atoms with Crippen LogP contribution >= 0.6 is 23.1 Å². The van der Waals surface area contributed by atoms with Crippen LogP contribution in [0.15, 0.2) is 77.0 Å². The summed E-state index contributed by atoms with van der Waals surface area (Å²) in [5.41, 5.74) is 1.59. The summed E-state index contributed by atoms with van der Waals surface area (Å²) in [6.45, 7) is 8.84. The molecule has 4 aromatic rings. The van der Waals surface area contributed by atoms with Crippen molar-refractivity contribution in [3.63, 3.8) is 0 Å². The number of carbonyl (C=O) groups is 5. The standard InChI is InChI=1S/C53H60F3N5O11S2/c1-33-17-24-73-46(33)37-13-9-34(10-14-37)30-58-48(64)40-28-38(62)31-61(40)50(66)47(52(2,3)4)59-45(63)32-71-23-22-70-21-20-69-19-8-6-7-18-60-49(65)44(74-51(60)67)27-35-11-16-42(43(26-35)68-5)72-41-15-12-36(29-57)25-39(41)53(54,55)56/h9-17,24-27,38,40,47,62H,6-8,18-23,28,30-32H2,1-5H3,(H,58,64)(H,59,63)/b44-27-/t38-,40+,47-/m1/s1. The molecule has 3 heterocycles. The molecule has 2 fully saturated rings. The van der Waals surface area contributed by atoms with E-state index in [1.807, 2.05) is 29.6 Å². The molecular weight excluding hydrogens is 1000 g/mol. The van der Waals surface area contributed by atoms with Crippen molar-refractivity contribution in [2.75, 3.05) is 59.8 Å². The number of thioether (sulfide) groups is 1. The first kappa shape index (κ1) is 57.0. The molecule has 0 aliphatic carbocycles. The molecule has 16 nitrogen and oxygen atoms in total. The summed E-state index contributed by atoms with van der Waals surface area (Å²) in [4.78, 5) is 70.1. The van der Waals surface area contributed by atoms with E-state index < -0.39 is 70.0 Å². The number of amides is 5. The summed E-state index contributed by atoms with van der Waals surface area (Å²) in [6.07, 6.45) is -2.23. The van der Waals surface area contributed by atoms with E-state index >= 15 is 0 Å². The Kier molecular flexibility index (Phi) is 20.2. The number of halogens is 3. The number of aliphatic hydroxyl groups excluding tert-OH is 1. The Balaban J connectivity index is 0.834. The van der Waals surface area contributed by atoms with Crippen LogP contribution in [-0.2, 0) is 46.1 Å². The summed E-state index contributed by atoms with van der Waals surface area (Å²) >= 11 is 2.44. The van der Waals surface area contributed by atoms with Gasteiger partial charge in [0.1, 0.15) is 24.4 Å². The summed E-state index contributed by atoms with van der Waals surface area (Å²) < 4.78 is 68.7. The highest BCUT2D eigenvalue weighted by molar-refractivity contribution is 8.18. The Hall–Kier alpha value is -6.28. The highest BCUT2D eigenvalue weighted by Crippen LogP contribution is 2.42. The molecule has 0 bridgehead atoms. The van der Waals surface area contributed by atoms with Crippen molar-refractivity contribution in [2.45, 2.75) is 84.3 Å². The molecule has 0 radical (unpaired) electrons. The van der Waals surface area contributed by atoms with E-state index in [0.29, 0.717) is 44.1 Å². The average molecular weight is 1060 g/mol. The lowest BCUT2D eigenvalue weighted by molar-refractivity contribution is -0.144. The SMILES string of the molecule is COc1cc(/C=C2\SC(=O)N(CCCCCOCCOCCOCC(=O)N[C@H](C(=O)N3C[C@H](O)C[C@H]3C(=O)NCc3ccc(-c4sccc4C)cc3)C(C)(C)C)C2=O)ccc1Oc1ccc(C#N)cc1C(F)(F)F. The molecular formula is C53H60F3N5O11S2. The molecule has 74 heavy (non-hydrogen) atoms. The highest BCUT2D eigenvalue weighted by Gasteiger charge is 2.44. The minimum Gasteiger partial charge on any atom is -0.493 e. The van der Waals surface area contributed by atoms with E-state index in [9.17, 15) is 42.3 Å². The molecule has 3 atom stereocenters. The van der Waals surface area contributed by atoms with Crippen molar-refractivity contribution in [1.29, 1.82) is 5.26 Å². The van der Waals surface area contributed by atoms with Crippen LogP contribution in [0.3, 0.4) is 0 Å². The van der Waals surface area contributed by atoms with Gasteiger partial charge in [0.25, 0.3) is 11.1 Å². The normalized spacial score (nSPS) is 16.9. The number of β-amino-alcohol motifs (C(OH)–C–C–N with tert-alkyl or cyclic N) is 1. The number of nitrogens with zero attached hydrogens (tertiary/aromatic N) is 3. The number of aryl methyl sites for hydroxylation is 1. The van der Waals surface area contributed by atoms with E-state index in [-0.39, 0.29) is 74.5 Å². The molecule has 1 aromatic heterocycles. The van der Waals surface area contributed by atoms with Crippen molar-refractivity contribution in [3.8, 4) is 33.8 Å². The lowest BCUT2D eigenvalue weighted by Gasteiger charge is -2.35. The number of likely N-dealkylation sites (tertiary alicyclic amines) is 1. The number of alkyl halides is 3. The Morgan fingerprint density at radius 3 is 2.27 bits per heavy atom. The predicted molar refractivity (Wildman–Crippen MR) is 272 cm³/mol. The van der Waals surface area contributed by atoms with E-state index in [0.717, 1.165) is 33.9 Å². The molecule has 2 aliphatic heterocycles. The van der Waals surface area contributed by atoms with Crippen molar-refractivity contribution in [2.24, 2.45) is 5.41 Å². The molecule has 2 aliphatic rings. The lowest BCUT2D eigenvalue weighted by Crippen LogP contribution is -2.58. The van der Waals surface area contributed by atoms with Gasteiger partial charge in [-0.05, 0) is 113 Å². The number of imide groups is 1. The number of unbranched alkanes of at least 4 members (excludes halogenated alkanes) is 2. The van der Waals surface area contributed by atoms with Gasteiger partial charge in [0.05, 0.1) is 61.7 Å². The molecule has 0 spiro atoms. The Morgan fingerprint density at radius 1 is 0.905 bits per heavy atom. The molecule has 0 saturated carbocycles. The fourth-order valence-corrected chi connectivity index (χ4v) is 9.86. The van der Waals surface area contributed by atoms with Crippen LogP contribution in [0, 0.1) is 23.7 Å². The monoisotopic (exact) mass is 1060 g/mol. The van der Waals surface area contributed by atoms with Crippen LogP contribution < -0.4 is 20.1 Å². The van der Waals surface area contributed by atoms with E-state index in [1.165, 1.54) is 52.8 Å². The van der Waals surface area contributed by atoms with Crippen LogP contribution in [0.25, 0.3) is 16.5 Å². The van der Waals surface area contributed by atoms with Crippen LogP contribution in [0.1, 0.15) is 74.3 Å². The van der Waals surface area contributed by atoms with Crippen LogP contribution in [0.2, 0.25) is 0 Å². The fourth-order valence-electron chi connectivity index (χ4n) is 8.06. The molecule has 3 aromatic carbocycles. The summed E-state index contributed by atoms with van der Waals surface area (Å²) in [5.74, 6) is -2.33. The Labute approximate surface area is 436 Å². The first-order chi connectivity index (χ1) is 35.3. The van der Waals surface area contributed by atoms with E-state index in [2.05, 4.69) is 23.6 Å². The van der Waals surface area contributed by atoms with Crippen LogP contribution in [0.5, 0.6) is 17.2 Å². The van der Waals surface area contributed by atoms with Crippen molar-refractivity contribution in [3.05, 3.63) is 105 Å². The zero-order valence-electron chi connectivity index (χ0n) is 41.8. The molecule has 396 valence electrons. The van der Waals surface area contributed by atoms with Gasteiger partial charge in [-0.3, -0.25) is 28.9 Å².